The van der Waals surface area contributed by atoms with Crippen LogP contribution in [0.25, 0.3) is 0 Å². The van der Waals surface area contributed by atoms with E-state index in [1.807, 2.05) is 32.9 Å². The smallest absolute Gasteiger partial charge is 0.123 e. The molecular formula is C19H27O3-. The standard InChI is InChI=1S/C19H28O3/c1-18(2,3)14-10-13(12-16(20)21)11-15(17(14)22)19(4)8-6-5-7-9-19/h10-11,22H,5-9,12H2,1-4H3,(H,20,21)/p-1. The highest BCUT2D eigenvalue weighted by Gasteiger charge is 2.33. The first-order chi connectivity index (χ1) is 10.1. The number of carbonyl (C=O) groups is 1. The average Bonchev–Trinajstić information content (AvgIpc) is 2.39. The summed E-state index contributed by atoms with van der Waals surface area (Å²) in [7, 11) is 0. The Morgan fingerprint density at radius 3 is 2.32 bits per heavy atom. The molecule has 0 saturated heterocycles. The Morgan fingerprint density at radius 1 is 1.23 bits per heavy atom. The van der Waals surface area contributed by atoms with Crippen LogP contribution in [0.5, 0.6) is 5.75 Å². The molecule has 3 nitrogen and oxygen atoms in total. The van der Waals surface area contributed by atoms with Gasteiger partial charge in [-0.25, -0.2) is 0 Å². The van der Waals surface area contributed by atoms with Crippen LogP contribution in [0.15, 0.2) is 12.1 Å². The highest BCUT2D eigenvalue weighted by molar-refractivity contribution is 5.69. The number of rotatable bonds is 3. The van der Waals surface area contributed by atoms with Crippen molar-refractivity contribution in [2.45, 2.75) is 77.0 Å². The van der Waals surface area contributed by atoms with Gasteiger partial charge >= 0.3 is 0 Å². The number of carboxylic acids is 1. The van der Waals surface area contributed by atoms with Crippen molar-refractivity contribution in [1.29, 1.82) is 0 Å². The van der Waals surface area contributed by atoms with E-state index in [4.69, 9.17) is 0 Å². The van der Waals surface area contributed by atoms with Crippen LogP contribution in [0.1, 0.15) is 76.5 Å². The van der Waals surface area contributed by atoms with E-state index < -0.39 is 5.97 Å². The molecule has 1 saturated carbocycles. The molecule has 0 amide bonds. The van der Waals surface area contributed by atoms with Gasteiger partial charge in [-0.1, -0.05) is 59.1 Å². The van der Waals surface area contributed by atoms with Crippen molar-refractivity contribution in [3.05, 3.63) is 28.8 Å². The predicted octanol–water partition coefficient (Wildman–Crippen LogP) is 3.20. The van der Waals surface area contributed by atoms with E-state index in [-0.39, 0.29) is 17.3 Å². The fourth-order valence-corrected chi connectivity index (χ4v) is 3.60. The molecule has 1 aromatic carbocycles. The molecule has 1 aliphatic carbocycles. The monoisotopic (exact) mass is 303 g/mol. The third-order valence-corrected chi connectivity index (χ3v) is 4.93. The van der Waals surface area contributed by atoms with Gasteiger partial charge in [0.05, 0.1) is 0 Å². The molecule has 1 N–H and O–H groups in total. The molecule has 1 fully saturated rings. The van der Waals surface area contributed by atoms with Crippen LogP contribution in [0.3, 0.4) is 0 Å². The zero-order valence-corrected chi connectivity index (χ0v) is 14.2. The summed E-state index contributed by atoms with van der Waals surface area (Å²) in [5, 5.41) is 21.8. The molecule has 0 aromatic heterocycles. The Balaban J connectivity index is 2.58. The van der Waals surface area contributed by atoms with E-state index in [1.165, 1.54) is 6.42 Å². The molecule has 0 aliphatic heterocycles. The second-order valence-electron chi connectivity index (χ2n) is 7.96. The van der Waals surface area contributed by atoms with Gasteiger partial charge in [0.2, 0.25) is 0 Å². The molecule has 0 spiro atoms. The zero-order chi connectivity index (χ0) is 16.5. The van der Waals surface area contributed by atoms with Crippen LogP contribution >= 0.6 is 0 Å². The Morgan fingerprint density at radius 2 is 1.82 bits per heavy atom. The van der Waals surface area contributed by atoms with Crippen LogP contribution in [0, 0.1) is 0 Å². The Labute approximate surface area is 133 Å². The van der Waals surface area contributed by atoms with Crippen LogP contribution in [-0.2, 0) is 22.0 Å². The van der Waals surface area contributed by atoms with Crippen molar-refractivity contribution < 1.29 is 15.0 Å². The highest BCUT2D eigenvalue weighted by atomic mass is 16.4. The number of carboxylic acid groups (broad SMARTS) is 1. The molecule has 0 heterocycles. The lowest BCUT2D eigenvalue weighted by Crippen LogP contribution is -2.28. The maximum absolute atomic E-state index is 11.0. The number of benzene rings is 1. The van der Waals surface area contributed by atoms with Gasteiger partial charge in [0.25, 0.3) is 0 Å². The highest BCUT2D eigenvalue weighted by Crippen LogP contribution is 2.46. The van der Waals surface area contributed by atoms with Gasteiger partial charge in [-0.2, -0.15) is 0 Å². The van der Waals surface area contributed by atoms with Crippen molar-refractivity contribution in [3.63, 3.8) is 0 Å². The van der Waals surface area contributed by atoms with E-state index in [2.05, 4.69) is 6.92 Å². The third kappa shape index (κ3) is 3.45. The van der Waals surface area contributed by atoms with Gasteiger partial charge in [-0.15, -0.1) is 0 Å². The second-order valence-corrected chi connectivity index (χ2v) is 7.96. The van der Waals surface area contributed by atoms with E-state index >= 15 is 0 Å². The summed E-state index contributed by atoms with van der Waals surface area (Å²) in [6.07, 6.45) is 5.53. The lowest BCUT2D eigenvalue weighted by Gasteiger charge is -2.36. The van der Waals surface area contributed by atoms with E-state index in [1.54, 1.807) is 0 Å². The molecular weight excluding hydrogens is 276 g/mol. The third-order valence-electron chi connectivity index (χ3n) is 4.93. The quantitative estimate of drug-likeness (QED) is 0.932. The van der Waals surface area contributed by atoms with Crippen molar-refractivity contribution in [3.8, 4) is 5.75 Å². The Kier molecular flexibility index (Phi) is 4.55. The predicted molar refractivity (Wildman–Crippen MR) is 86.0 cm³/mol. The van der Waals surface area contributed by atoms with Gasteiger partial charge in [-0.05, 0) is 34.8 Å². The van der Waals surface area contributed by atoms with E-state index in [0.717, 1.165) is 42.4 Å². The molecule has 0 bridgehead atoms. The molecule has 2 rings (SSSR count). The summed E-state index contributed by atoms with van der Waals surface area (Å²) in [5.41, 5.74) is 2.17. The number of phenols is 1. The average molecular weight is 303 g/mol. The van der Waals surface area contributed by atoms with Gasteiger partial charge in [0.1, 0.15) is 5.75 Å². The lowest BCUT2D eigenvalue weighted by atomic mass is 9.69. The van der Waals surface area contributed by atoms with Crippen LogP contribution in [0.2, 0.25) is 0 Å². The van der Waals surface area contributed by atoms with Crippen molar-refractivity contribution in [1.82, 2.24) is 0 Å². The van der Waals surface area contributed by atoms with Gasteiger partial charge in [0, 0.05) is 18.0 Å². The molecule has 0 radical (unpaired) electrons. The van der Waals surface area contributed by atoms with E-state index in [0.29, 0.717) is 5.75 Å². The van der Waals surface area contributed by atoms with Crippen molar-refractivity contribution in [2.75, 3.05) is 0 Å². The van der Waals surface area contributed by atoms with E-state index in [9.17, 15) is 15.0 Å². The summed E-state index contributed by atoms with van der Waals surface area (Å²) in [4.78, 5) is 11.0. The molecule has 0 unspecified atom stereocenters. The molecule has 1 aromatic rings. The fraction of sp³-hybridized carbons (Fsp3) is 0.632. The molecule has 1 aliphatic rings. The van der Waals surface area contributed by atoms with Crippen LogP contribution in [-0.4, -0.2) is 11.1 Å². The number of carbonyl (C=O) groups excluding carboxylic acids is 1. The molecule has 122 valence electrons. The summed E-state index contributed by atoms with van der Waals surface area (Å²) >= 11 is 0. The second kappa shape index (κ2) is 5.94. The first kappa shape index (κ1) is 16.9. The maximum atomic E-state index is 11.0. The minimum atomic E-state index is -1.08. The topological polar surface area (TPSA) is 60.4 Å². The zero-order valence-electron chi connectivity index (χ0n) is 14.2. The minimum Gasteiger partial charge on any atom is -0.550 e. The van der Waals surface area contributed by atoms with Crippen molar-refractivity contribution >= 4 is 5.97 Å². The van der Waals surface area contributed by atoms with Gasteiger partial charge < -0.3 is 15.0 Å². The Bertz CT molecular complexity index is 561. The number of phenolic OH excluding ortho intramolecular Hbond substituents is 1. The normalized spacial score (nSPS) is 18.2. The van der Waals surface area contributed by atoms with Crippen LogP contribution < -0.4 is 5.11 Å². The number of hydrogen-bond donors (Lipinski definition) is 1. The van der Waals surface area contributed by atoms with Gasteiger partial charge in [0.15, 0.2) is 0 Å². The summed E-state index contributed by atoms with van der Waals surface area (Å²) in [5.74, 6) is -0.732. The molecule has 22 heavy (non-hydrogen) atoms. The lowest BCUT2D eigenvalue weighted by molar-refractivity contribution is -0.304. The van der Waals surface area contributed by atoms with Gasteiger partial charge in [-0.3, -0.25) is 0 Å². The molecule has 3 heteroatoms. The largest absolute Gasteiger partial charge is 0.550 e. The number of hydrogen-bond acceptors (Lipinski definition) is 3. The number of aromatic hydroxyl groups is 1. The summed E-state index contributed by atoms with van der Waals surface area (Å²) in [6, 6.07) is 3.70. The molecule has 0 atom stereocenters. The first-order valence-corrected chi connectivity index (χ1v) is 8.20. The fourth-order valence-electron chi connectivity index (χ4n) is 3.60. The Hall–Kier alpha value is -1.51. The number of aliphatic carboxylic acids is 1. The maximum Gasteiger partial charge on any atom is 0.123 e. The SMILES string of the molecule is CC(C)(C)c1cc(CC(=O)[O-])cc(C2(C)CCCCC2)c1O. The first-order valence-electron chi connectivity index (χ1n) is 8.20. The van der Waals surface area contributed by atoms with Crippen LogP contribution in [0.4, 0.5) is 0 Å². The summed E-state index contributed by atoms with van der Waals surface area (Å²) < 4.78 is 0. The minimum absolute atomic E-state index is 0.0652. The summed E-state index contributed by atoms with van der Waals surface area (Å²) in [6.45, 7) is 8.31. The van der Waals surface area contributed by atoms with Crippen molar-refractivity contribution in [2.24, 2.45) is 0 Å².